The maximum atomic E-state index is 12.1. The highest BCUT2D eigenvalue weighted by Crippen LogP contribution is 2.63. The molecule has 0 aromatic carbocycles. The molecule has 0 aromatic heterocycles. The van der Waals surface area contributed by atoms with Crippen molar-refractivity contribution in [2.45, 2.75) is 77.3 Å². The third-order valence-electron chi connectivity index (χ3n) is 7.98. The molecule has 0 amide bonds. The molecule has 4 N–H and O–H groups in total. The van der Waals surface area contributed by atoms with Gasteiger partial charge in [0.25, 0.3) is 0 Å². The summed E-state index contributed by atoms with van der Waals surface area (Å²) in [5, 5.41) is 44.3. The van der Waals surface area contributed by atoms with Gasteiger partial charge in [0.05, 0.1) is 12.2 Å². The van der Waals surface area contributed by atoms with Gasteiger partial charge in [-0.15, -0.1) is 0 Å². The number of aliphatic hydroxyl groups is 4. The fourth-order valence-corrected chi connectivity index (χ4v) is 6.13. The Kier molecular flexibility index (Phi) is 4.91. The molecule has 1 unspecified atom stereocenters. The van der Waals surface area contributed by atoms with Gasteiger partial charge < -0.3 is 25.2 Å². The third-order valence-corrected chi connectivity index (χ3v) is 7.98. The molecule has 0 aromatic rings. The number of fused-ring (bicyclic) bond motifs is 3. The van der Waals surface area contributed by atoms with Crippen molar-refractivity contribution in [3.8, 4) is 0 Å². The lowest BCUT2D eigenvalue weighted by Crippen LogP contribution is -2.69. The Morgan fingerprint density at radius 3 is 2.36 bits per heavy atom. The Morgan fingerprint density at radius 1 is 1.21 bits per heavy atom. The van der Waals surface area contributed by atoms with Gasteiger partial charge in [-0.1, -0.05) is 32.9 Å². The summed E-state index contributed by atoms with van der Waals surface area (Å²) in [6, 6.07) is 0. The van der Waals surface area contributed by atoms with E-state index in [4.69, 9.17) is 4.74 Å². The van der Waals surface area contributed by atoms with E-state index < -0.39 is 40.2 Å². The maximum Gasteiger partial charge on any atom is 0.303 e. The summed E-state index contributed by atoms with van der Waals surface area (Å²) in [7, 11) is 0. The standard InChI is InChI=1S/C22H34O6/c1-12-7-17-21(26,18(12)25)10-15(11-23)8-16-19(4,5)20(6,28-14(3)24)9-13(2)22(16,17)27/h7-8,13,16-18,23,25-27H,9-11H2,1-6H3/t13-,16+,17-,18?,20-,21-,22-/m1/s1. The second-order valence-corrected chi connectivity index (χ2v) is 9.96. The monoisotopic (exact) mass is 394 g/mol. The number of ether oxygens (including phenoxy) is 1. The summed E-state index contributed by atoms with van der Waals surface area (Å²) in [5.41, 5.74) is -3.26. The highest BCUT2D eigenvalue weighted by atomic mass is 16.6. The molecule has 7 atom stereocenters. The van der Waals surface area contributed by atoms with Crippen molar-refractivity contribution < 1.29 is 30.0 Å². The van der Waals surface area contributed by atoms with Crippen LogP contribution in [0.5, 0.6) is 0 Å². The molecule has 6 nitrogen and oxygen atoms in total. The van der Waals surface area contributed by atoms with Gasteiger partial charge in [-0.3, -0.25) is 4.79 Å². The Balaban J connectivity index is 2.23. The summed E-state index contributed by atoms with van der Waals surface area (Å²) in [6.45, 7) is 10.5. The lowest BCUT2D eigenvalue weighted by Gasteiger charge is -2.61. The van der Waals surface area contributed by atoms with Gasteiger partial charge in [0, 0.05) is 30.6 Å². The van der Waals surface area contributed by atoms with Crippen LogP contribution in [-0.4, -0.2) is 55.9 Å². The molecule has 0 saturated heterocycles. The fraction of sp³-hybridized carbons (Fsp3) is 0.773. The van der Waals surface area contributed by atoms with Crippen LogP contribution in [0.4, 0.5) is 0 Å². The number of aliphatic hydroxyl groups excluding tert-OH is 2. The van der Waals surface area contributed by atoms with Gasteiger partial charge in [-0.25, -0.2) is 0 Å². The summed E-state index contributed by atoms with van der Waals surface area (Å²) >= 11 is 0. The summed E-state index contributed by atoms with van der Waals surface area (Å²) in [6.07, 6.45) is 3.02. The second-order valence-electron chi connectivity index (χ2n) is 9.96. The molecule has 6 heteroatoms. The molecule has 3 rings (SSSR count). The summed E-state index contributed by atoms with van der Waals surface area (Å²) < 4.78 is 5.78. The highest BCUT2D eigenvalue weighted by molar-refractivity contribution is 5.66. The predicted molar refractivity (Wildman–Crippen MR) is 104 cm³/mol. The molecule has 0 bridgehead atoms. The van der Waals surface area contributed by atoms with Crippen LogP contribution in [0.1, 0.15) is 54.4 Å². The first-order chi connectivity index (χ1) is 12.7. The van der Waals surface area contributed by atoms with Crippen LogP contribution in [0, 0.1) is 23.2 Å². The van der Waals surface area contributed by atoms with Gasteiger partial charge >= 0.3 is 5.97 Å². The van der Waals surface area contributed by atoms with Crippen molar-refractivity contribution in [2.75, 3.05) is 6.61 Å². The van der Waals surface area contributed by atoms with E-state index in [1.807, 2.05) is 33.8 Å². The van der Waals surface area contributed by atoms with Crippen molar-refractivity contribution >= 4 is 5.97 Å². The minimum atomic E-state index is -1.58. The summed E-state index contributed by atoms with van der Waals surface area (Å²) in [5.74, 6) is -1.90. The molecule has 1 saturated carbocycles. The number of hydrogen-bond donors (Lipinski definition) is 4. The van der Waals surface area contributed by atoms with Crippen LogP contribution in [-0.2, 0) is 9.53 Å². The van der Waals surface area contributed by atoms with Crippen molar-refractivity contribution in [3.63, 3.8) is 0 Å². The van der Waals surface area contributed by atoms with E-state index in [9.17, 15) is 25.2 Å². The van der Waals surface area contributed by atoms with E-state index in [2.05, 4.69) is 0 Å². The fourth-order valence-electron chi connectivity index (χ4n) is 6.13. The van der Waals surface area contributed by atoms with Crippen LogP contribution in [0.15, 0.2) is 23.3 Å². The number of hydrogen-bond acceptors (Lipinski definition) is 6. The Hall–Kier alpha value is -1.21. The van der Waals surface area contributed by atoms with E-state index in [0.29, 0.717) is 17.6 Å². The van der Waals surface area contributed by atoms with Crippen molar-refractivity contribution in [1.29, 1.82) is 0 Å². The zero-order valence-electron chi connectivity index (χ0n) is 17.7. The number of esters is 1. The quantitative estimate of drug-likeness (QED) is 0.420. The number of rotatable bonds is 2. The first kappa shape index (κ1) is 21.5. The Morgan fingerprint density at radius 2 is 1.82 bits per heavy atom. The minimum absolute atomic E-state index is 0.0784. The molecular formula is C22H34O6. The molecule has 0 spiro atoms. The maximum absolute atomic E-state index is 12.1. The van der Waals surface area contributed by atoms with E-state index in [1.54, 1.807) is 13.0 Å². The number of carbonyl (C=O) groups is 1. The van der Waals surface area contributed by atoms with Gasteiger partial charge in [0.1, 0.15) is 17.3 Å². The van der Waals surface area contributed by atoms with E-state index in [0.717, 1.165) is 0 Å². The minimum Gasteiger partial charge on any atom is -0.459 e. The molecule has 0 radical (unpaired) electrons. The molecule has 28 heavy (non-hydrogen) atoms. The Labute approximate surface area is 166 Å². The second kappa shape index (κ2) is 6.39. The Bertz CT molecular complexity index is 739. The van der Waals surface area contributed by atoms with Gasteiger partial charge in [-0.2, -0.15) is 0 Å². The lowest BCUT2D eigenvalue weighted by molar-refractivity contribution is -0.251. The highest BCUT2D eigenvalue weighted by Gasteiger charge is 2.69. The average molecular weight is 395 g/mol. The van der Waals surface area contributed by atoms with Crippen LogP contribution >= 0.6 is 0 Å². The van der Waals surface area contributed by atoms with Crippen LogP contribution in [0.25, 0.3) is 0 Å². The molecule has 0 aliphatic heterocycles. The third kappa shape index (κ3) is 2.65. The molecule has 3 aliphatic rings. The largest absolute Gasteiger partial charge is 0.459 e. The zero-order valence-corrected chi connectivity index (χ0v) is 17.7. The topological polar surface area (TPSA) is 107 Å². The molecule has 3 aliphatic carbocycles. The smallest absolute Gasteiger partial charge is 0.303 e. The van der Waals surface area contributed by atoms with Gasteiger partial charge in [0.15, 0.2) is 0 Å². The molecule has 158 valence electrons. The van der Waals surface area contributed by atoms with Gasteiger partial charge in [0.2, 0.25) is 0 Å². The van der Waals surface area contributed by atoms with Crippen LogP contribution in [0.2, 0.25) is 0 Å². The SMILES string of the molecule is CC(=O)O[C@]1(C)C[C@@H](C)[C@@]2(O)[C@@H](C=C(CO)C[C@]3(O)C(O)C(C)=C[C@@H]23)C1(C)C. The molecule has 0 heterocycles. The predicted octanol–water partition coefficient (Wildman–Crippen LogP) is 1.71. The lowest BCUT2D eigenvalue weighted by atomic mass is 9.48. The van der Waals surface area contributed by atoms with E-state index in [1.165, 1.54) is 6.92 Å². The van der Waals surface area contributed by atoms with E-state index >= 15 is 0 Å². The van der Waals surface area contributed by atoms with E-state index in [-0.39, 0.29) is 24.9 Å². The molecule has 1 fully saturated rings. The van der Waals surface area contributed by atoms with Gasteiger partial charge in [-0.05, 0) is 37.3 Å². The van der Waals surface area contributed by atoms with Crippen molar-refractivity contribution in [2.24, 2.45) is 23.2 Å². The first-order valence-electron chi connectivity index (χ1n) is 10.0. The normalized spacial score (nSPS) is 47.4. The van der Waals surface area contributed by atoms with Crippen LogP contribution < -0.4 is 0 Å². The van der Waals surface area contributed by atoms with Crippen LogP contribution in [0.3, 0.4) is 0 Å². The number of carbonyl (C=O) groups excluding carboxylic acids is 1. The zero-order chi connectivity index (χ0) is 21.3. The van der Waals surface area contributed by atoms with Crippen molar-refractivity contribution in [3.05, 3.63) is 23.3 Å². The molecular weight excluding hydrogens is 360 g/mol. The first-order valence-corrected chi connectivity index (χ1v) is 10.0. The average Bonchev–Trinajstić information content (AvgIpc) is 2.73. The summed E-state index contributed by atoms with van der Waals surface area (Å²) in [4.78, 5) is 11.8. The van der Waals surface area contributed by atoms with Crippen molar-refractivity contribution in [1.82, 2.24) is 0 Å².